The highest BCUT2D eigenvalue weighted by Crippen LogP contribution is 2.42. The number of thioether (sulfide) groups is 1. The molecule has 4 atom stereocenters. The first-order valence-electron chi connectivity index (χ1n) is 10.7. The number of unbranched alkanes of at least 4 members (excludes halogenated alkanes) is 2. The van der Waals surface area contributed by atoms with Crippen LogP contribution in [-0.4, -0.2) is 40.6 Å². The summed E-state index contributed by atoms with van der Waals surface area (Å²) in [4.78, 5) is 23.4. The second-order valence-corrected chi connectivity index (χ2v) is 10.7. The molecule has 2 aliphatic heterocycles. The van der Waals surface area contributed by atoms with Crippen molar-refractivity contribution in [2.45, 2.75) is 83.4 Å². The number of carbonyl (C=O) groups excluding carboxylic acids is 1. The smallest absolute Gasteiger partial charge is 0.307 e. The Hall–Kier alpha value is -1.17. The lowest BCUT2D eigenvalue weighted by molar-refractivity contribution is -0.145. The highest BCUT2D eigenvalue weighted by atomic mass is 32.2. The molecule has 2 heterocycles. The molecule has 160 valence electrons. The Morgan fingerprint density at radius 2 is 2.04 bits per heavy atom. The number of hydrogen-bond acceptors (Lipinski definition) is 4. The van der Waals surface area contributed by atoms with Gasteiger partial charge in [0.2, 0.25) is 5.91 Å². The topological polar surface area (TPSA) is 78.4 Å². The average Bonchev–Trinajstić information content (AvgIpc) is 3.12. The van der Waals surface area contributed by atoms with E-state index in [2.05, 4.69) is 29.0 Å². The number of carboxylic acids is 1. The molecule has 28 heavy (non-hydrogen) atoms. The van der Waals surface area contributed by atoms with E-state index in [0.29, 0.717) is 30.7 Å². The van der Waals surface area contributed by atoms with Gasteiger partial charge in [-0.15, -0.1) is 0 Å². The Labute approximate surface area is 174 Å². The van der Waals surface area contributed by atoms with Crippen molar-refractivity contribution in [3.05, 3.63) is 12.3 Å². The minimum Gasteiger partial charge on any atom is -0.481 e. The zero-order valence-corrected chi connectivity index (χ0v) is 18.6. The molecule has 2 fully saturated rings. The van der Waals surface area contributed by atoms with Crippen LogP contribution in [0.2, 0.25) is 0 Å². The van der Waals surface area contributed by atoms with Gasteiger partial charge in [0.25, 0.3) is 0 Å². The van der Waals surface area contributed by atoms with Gasteiger partial charge in [0.05, 0.1) is 5.92 Å². The van der Waals surface area contributed by atoms with Gasteiger partial charge < -0.3 is 15.7 Å². The summed E-state index contributed by atoms with van der Waals surface area (Å²) in [6.45, 7) is 10.6. The van der Waals surface area contributed by atoms with Crippen molar-refractivity contribution in [3.63, 3.8) is 0 Å². The maximum absolute atomic E-state index is 12.0. The number of allylic oxidation sites excluding steroid dienone is 1. The highest BCUT2D eigenvalue weighted by Gasteiger charge is 2.40. The lowest BCUT2D eigenvalue weighted by Gasteiger charge is -2.26. The molecule has 2 saturated heterocycles. The fourth-order valence-electron chi connectivity index (χ4n) is 4.41. The molecule has 0 radical (unpaired) electrons. The zero-order valence-electron chi connectivity index (χ0n) is 17.8. The summed E-state index contributed by atoms with van der Waals surface area (Å²) in [6.07, 6.45) is 7.28. The van der Waals surface area contributed by atoms with E-state index in [0.717, 1.165) is 38.0 Å². The van der Waals surface area contributed by atoms with Crippen molar-refractivity contribution < 1.29 is 14.7 Å². The summed E-state index contributed by atoms with van der Waals surface area (Å²) >= 11 is 2.07. The van der Waals surface area contributed by atoms with E-state index in [1.54, 1.807) is 0 Å². The quantitative estimate of drug-likeness (QED) is 0.445. The average molecular weight is 411 g/mol. The number of rotatable bonds is 11. The molecule has 1 amide bonds. The van der Waals surface area contributed by atoms with Crippen molar-refractivity contribution >= 4 is 23.6 Å². The van der Waals surface area contributed by atoms with Crippen molar-refractivity contribution in [2.24, 2.45) is 17.3 Å². The lowest BCUT2D eigenvalue weighted by atomic mass is 9.78. The Kier molecular flexibility index (Phi) is 8.72. The molecule has 3 N–H and O–H groups in total. The van der Waals surface area contributed by atoms with Gasteiger partial charge in [-0.1, -0.05) is 40.2 Å². The molecule has 0 spiro atoms. The first-order chi connectivity index (χ1) is 13.2. The lowest BCUT2D eigenvalue weighted by Crippen LogP contribution is -2.29. The number of nitrogens with one attached hydrogen (secondary N) is 2. The van der Waals surface area contributed by atoms with Crippen LogP contribution >= 0.6 is 11.8 Å². The Bertz CT molecular complexity index is 558. The fourth-order valence-corrected chi connectivity index (χ4v) is 6.06. The molecule has 4 unspecified atom stereocenters. The summed E-state index contributed by atoms with van der Waals surface area (Å²) in [7, 11) is 0. The molecule has 0 bridgehead atoms. The van der Waals surface area contributed by atoms with Gasteiger partial charge in [-0.2, -0.15) is 11.8 Å². The molecule has 2 rings (SSSR count). The Morgan fingerprint density at radius 1 is 1.29 bits per heavy atom. The van der Waals surface area contributed by atoms with Gasteiger partial charge in [-0.05, 0) is 43.4 Å². The van der Waals surface area contributed by atoms with Crippen LogP contribution in [0.5, 0.6) is 0 Å². The summed E-state index contributed by atoms with van der Waals surface area (Å²) < 4.78 is 0. The number of carbonyl (C=O) groups is 2. The molecule has 0 aliphatic carbocycles. The van der Waals surface area contributed by atoms with Crippen LogP contribution in [0.4, 0.5) is 0 Å². The molecule has 0 aromatic rings. The molecule has 0 aromatic carbocycles. The van der Waals surface area contributed by atoms with E-state index in [9.17, 15) is 14.7 Å². The van der Waals surface area contributed by atoms with Crippen LogP contribution in [0.3, 0.4) is 0 Å². The molecule has 0 aromatic heterocycles. The second-order valence-electron chi connectivity index (χ2n) is 9.44. The van der Waals surface area contributed by atoms with E-state index in [1.165, 1.54) is 17.9 Å². The molecular formula is C22H38N2O3S. The van der Waals surface area contributed by atoms with E-state index in [4.69, 9.17) is 0 Å². The summed E-state index contributed by atoms with van der Waals surface area (Å²) in [5, 5.41) is 16.5. The number of carboxylic acid groups (broad SMARTS) is 1. The number of amides is 1. The van der Waals surface area contributed by atoms with Gasteiger partial charge in [0.1, 0.15) is 0 Å². The number of aliphatic carboxylic acids is 1. The Morgan fingerprint density at radius 3 is 2.71 bits per heavy atom. The minimum atomic E-state index is -0.721. The van der Waals surface area contributed by atoms with E-state index in [-0.39, 0.29) is 17.2 Å². The second kappa shape index (κ2) is 10.6. The van der Waals surface area contributed by atoms with E-state index < -0.39 is 5.97 Å². The number of fused-ring (bicyclic) bond motifs is 1. The van der Waals surface area contributed by atoms with Crippen LogP contribution in [0.1, 0.15) is 72.1 Å². The maximum Gasteiger partial charge on any atom is 0.307 e. The van der Waals surface area contributed by atoms with Crippen LogP contribution in [0.15, 0.2) is 12.3 Å². The molecule has 2 aliphatic rings. The fraction of sp³-hybridized carbons (Fsp3) is 0.818. The normalized spacial score (nSPS) is 25.2. The number of hydrogen-bond donors (Lipinski definition) is 3. The third-order valence-corrected chi connectivity index (χ3v) is 7.65. The van der Waals surface area contributed by atoms with Crippen LogP contribution in [-0.2, 0) is 9.59 Å². The van der Waals surface area contributed by atoms with Crippen molar-refractivity contribution in [1.82, 2.24) is 10.6 Å². The first-order valence-corrected chi connectivity index (χ1v) is 11.8. The summed E-state index contributed by atoms with van der Waals surface area (Å²) in [6, 6.07) is 0.616. The Balaban J connectivity index is 1.50. The van der Waals surface area contributed by atoms with Crippen molar-refractivity contribution in [2.75, 3.05) is 12.3 Å². The predicted molar refractivity (Wildman–Crippen MR) is 116 cm³/mol. The minimum absolute atomic E-state index is 0.124. The maximum atomic E-state index is 12.0. The van der Waals surface area contributed by atoms with Crippen LogP contribution < -0.4 is 10.6 Å². The molecule has 0 saturated carbocycles. The van der Waals surface area contributed by atoms with Crippen LogP contribution in [0.25, 0.3) is 0 Å². The van der Waals surface area contributed by atoms with Gasteiger partial charge in [0, 0.05) is 35.7 Å². The van der Waals surface area contributed by atoms with Gasteiger partial charge in [-0.3, -0.25) is 9.59 Å². The molecular weight excluding hydrogens is 372 g/mol. The third kappa shape index (κ3) is 7.02. The SMILES string of the molecule is C=C1CC2C(CSC2CCCCC(=O)NCCCCC(C(=O)O)C(C)(C)C)N1. The third-order valence-electron chi connectivity index (χ3n) is 6.08. The highest BCUT2D eigenvalue weighted by molar-refractivity contribution is 8.00. The standard InChI is InChI=1S/C22H38N2O3S/c1-15-13-16-18(24-15)14-28-19(16)10-5-6-11-20(25)23-12-8-7-9-17(21(26)27)22(2,3)4/h16-19,24H,1,5-14H2,2-4H3,(H,23,25)(H,26,27). The molecule has 6 heteroatoms. The largest absolute Gasteiger partial charge is 0.481 e. The van der Waals surface area contributed by atoms with Crippen molar-refractivity contribution in [1.29, 1.82) is 0 Å². The van der Waals surface area contributed by atoms with E-state index in [1.807, 2.05) is 20.8 Å². The summed E-state index contributed by atoms with van der Waals surface area (Å²) in [5.74, 6) is 0.990. The van der Waals surface area contributed by atoms with Gasteiger partial charge in [0.15, 0.2) is 0 Å². The first kappa shape index (κ1) is 23.1. The zero-order chi connectivity index (χ0) is 20.7. The van der Waals surface area contributed by atoms with E-state index >= 15 is 0 Å². The summed E-state index contributed by atoms with van der Waals surface area (Å²) in [5.41, 5.74) is 0.964. The van der Waals surface area contributed by atoms with Gasteiger partial charge in [-0.25, -0.2) is 0 Å². The van der Waals surface area contributed by atoms with Crippen molar-refractivity contribution in [3.8, 4) is 0 Å². The van der Waals surface area contributed by atoms with Crippen LogP contribution in [0, 0.1) is 17.3 Å². The predicted octanol–water partition coefficient (Wildman–Crippen LogP) is 4.19. The van der Waals surface area contributed by atoms with Gasteiger partial charge >= 0.3 is 5.97 Å². The monoisotopic (exact) mass is 410 g/mol. The molecule has 5 nitrogen and oxygen atoms in total.